The highest BCUT2D eigenvalue weighted by molar-refractivity contribution is 5.65. The molecule has 5 heteroatoms. The van der Waals surface area contributed by atoms with Crippen molar-refractivity contribution in [2.24, 2.45) is 0 Å². The molecule has 0 unspecified atom stereocenters. The van der Waals surface area contributed by atoms with Crippen molar-refractivity contribution in [2.75, 3.05) is 0 Å². The zero-order valence-electron chi connectivity index (χ0n) is 8.93. The average molecular weight is 258 g/mol. The van der Waals surface area contributed by atoms with Gasteiger partial charge < -0.3 is 0 Å². The van der Waals surface area contributed by atoms with Crippen LogP contribution in [0.25, 0.3) is 11.1 Å². The van der Waals surface area contributed by atoms with Gasteiger partial charge >= 0.3 is 0 Å². The van der Waals surface area contributed by atoms with E-state index in [1.807, 2.05) is 0 Å². The van der Waals surface area contributed by atoms with E-state index in [-0.39, 0.29) is 11.1 Å². The molecule has 0 amide bonds. The Labute approximate surface area is 99.7 Å². The van der Waals surface area contributed by atoms with Gasteiger partial charge in [0.15, 0.2) is 11.6 Å². The van der Waals surface area contributed by atoms with Gasteiger partial charge in [-0.3, -0.25) is 0 Å². The molecule has 0 atom stereocenters. The summed E-state index contributed by atoms with van der Waals surface area (Å²) in [6.45, 7) is 0. The highest BCUT2D eigenvalue weighted by Crippen LogP contribution is 2.29. The minimum absolute atomic E-state index is 0.123. The predicted octanol–water partition coefficient (Wildman–Crippen LogP) is 4.71. The summed E-state index contributed by atoms with van der Waals surface area (Å²) in [4.78, 5) is 0. The van der Waals surface area contributed by atoms with Crippen molar-refractivity contribution in [2.45, 2.75) is 6.43 Å². The second-order valence-corrected chi connectivity index (χ2v) is 3.68. The first-order valence-corrected chi connectivity index (χ1v) is 5.02. The third-order valence-electron chi connectivity index (χ3n) is 2.43. The summed E-state index contributed by atoms with van der Waals surface area (Å²) in [7, 11) is 0. The zero-order valence-corrected chi connectivity index (χ0v) is 8.93. The molecular formula is C13H7F5. The largest absolute Gasteiger partial charge is 0.263 e. The Bertz CT molecular complexity index is 578. The second-order valence-electron chi connectivity index (χ2n) is 3.68. The van der Waals surface area contributed by atoms with E-state index in [4.69, 9.17) is 0 Å². The van der Waals surface area contributed by atoms with Gasteiger partial charge in [0.05, 0.1) is 0 Å². The molecule has 2 aromatic carbocycles. The monoisotopic (exact) mass is 258 g/mol. The molecule has 0 spiro atoms. The van der Waals surface area contributed by atoms with Crippen molar-refractivity contribution in [3.05, 3.63) is 59.4 Å². The lowest BCUT2D eigenvalue weighted by atomic mass is 10.0. The minimum Gasteiger partial charge on any atom is -0.207 e. The lowest BCUT2D eigenvalue weighted by Crippen LogP contribution is -1.93. The molecule has 0 aromatic heterocycles. The normalized spacial score (nSPS) is 11.0. The Morgan fingerprint density at radius 1 is 0.889 bits per heavy atom. The van der Waals surface area contributed by atoms with E-state index in [1.165, 1.54) is 12.1 Å². The topological polar surface area (TPSA) is 0 Å². The third-order valence-corrected chi connectivity index (χ3v) is 2.43. The molecule has 94 valence electrons. The molecule has 0 saturated carbocycles. The molecule has 0 saturated heterocycles. The summed E-state index contributed by atoms with van der Waals surface area (Å²) >= 11 is 0. The van der Waals surface area contributed by atoms with E-state index in [0.717, 1.165) is 18.2 Å². The maximum Gasteiger partial charge on any atom is 0.263 e. The molecular weight excluding hydrogens is 251 g/mol. The van der Waals surface area contributed by atoms with E-state index >= 15 is 0 Å². The van der Waals surface area contributed by atoms with Crippen LogP contribution in [0.3, 0.4) is 0 Å². The molecule has 0 nitrogen and oxygen atoms in total. The number of alkyl halides is 2. The number of benzene rings is 2. The molecule has 0 radical (unpaired) electrons. The summed E-state index contributed by atoms with van der Waals surface area (Å²) in [5.41, 5.74) is -0.952. The third kappa shape index (κ3) is 2.34. The van der Waals surface area contributed by atoms with Crippen LogP contribution in [0, 0.1) is 17.5 Å². The fraction of sp³-hybridized carbons (Fsp3) is 0.0769. The van der Waals surface area contributed by atoms with Gasteiger partial charge in [-0.2, -0.15) is 0 Å². The SMILES string of the molecule is Fc1cc(-c2cccc(F)c2F)cc(C(F)F)c1. The minimum atomic E-state index is -2.88. The van der Waals surface area contributed by atoms with Crippen molar-refractivity contribution >= 4 is 0 Å². The standard InChI is InChI=1S/C13H7F5/c14-9-5-7(4-8(6-9)13(17)18)10-2-1-3-11(15)12(10)16/h1-6,13H. The Morgan fingerprint density at radius 3 is 2.28 bits per heavy atom. The van der Waals surface area contributed by atoms with E-state index in [2.05, 4.69) is 0 Å². The average Bonchev–Trinajstić information content (AvgIpc) is 2.31. The highest BCUT2D eigenvalue weighted by atomic mass is 19.3. The maximum absolute atomic E-state index is 13.5. The van der Waals surface area contributed by atoms with Crippen molar-refractivity contribution in [3.8, 4) is 11.1 Å². The van der Waals surface area contributed by atoms with Gasteiger partial charge in [0.2, 0.25) is 0 Å². The van der Waals surface area contributed by atoms with Crippen LogP contribution in [0.1, 0.15) is 12.0 Å². The van der Waals surface area contributed by atoms with E-state index < -0.39 is 29.4 Å². The van der Waals surface area contributed by atoms with E-state index in [1.54, 1.807) is 0 Å². The van der Waals surface area contributed by atoms with Crippen molar-refractivity contribution in [1.82, 2.24) is 0 Å². The second kappa shape index (κ2) is 4.76. The Kier molecular flexibility index (Phi) is 3.32. The number of hydrogen-bond donors (Lipinski definition) is 0. The Balaban J connectivity index is 2.60. The van der Waals surface area contributed by atoms with Gasteiger partial charge in [0.25, 0.3) is 6.43 Å². The fourth-order valence-electron chi connectivity index (χ4n) is 1.62. The first-order chi connectivity index (χ1) is 8.49. The summed E-state index contributed by atoms with van der Waals surface area (Å²) in [5.74, 6) is -3.23. The molecule has 0 aliphatic rings. The maximum atomic E-state index is 13.5. The van der Waals surface area contributed by atoms with Crippen molar-refractivity contribution in [3.63, 3.8) is 0 Å². The number of rotatable bonds is 2. The quantitative estimate of drug-likeness (QED) is 0.684. The van der Waals surface area contributed by atoms with Crippen molar-refractivity contribution in [1.29, 1.82) is 0 Å². The molecule has 0 heterocycles. The number of hydrogen-bond acceptors (Lipinski definition) is 0. The first-order valence-electron chi connectivity index (χ1n) is 5.02. The summed E-state index contributed by atoms with van der Waals surface area (Å²) < 4.78 is 64.6. The summed E-state index contributed by atoms with van der Waals surface area (Å²) in [6, 6.07) is 5.79. The van der Waals surface area contributed by atoms with Gasteiger partial charge in [-0.05, 0) is 29.8 Å². The van der Waals surface area contributed by atoms with Crippen LogP contribution in [-0.2, 0) is 0 Å². The van der Waals surface area contributed by atoms with Gasteiger partial charge in [-0.1, -0.05) is 12.1 Å². The smallest absolute Gasteiger partial charge is 0.207 e. The van der Waals surface area contributed by atoms with Crippen LogP contribution in [0.5, 0.6) is 0 Å². The van der Waals surface area contributed by atoms with Crippen LogP contribution >= 0.6 is 0 Å². The molecule has 0 aliphatic heterocycles. The molecule has 2 aromatic rings. The van der Waals surface area contributed by atoms with E-state index in [9.17, 15) is 22.0 Å². The molecule has 0 fully saturated rings. The molecule has 0 aliphatic carbocycles. The number of halogens is 5. The Hall–Kier alpha value is -1.91. The van der Waals surface area contributed by atoms with E-state index in [0.29, 0.717) is 6.07 Å². The highest BCUT2D eigenvalue weighted by Gasteiger charge is 2.14. The summed E-state index contributed by atoms with van der Waals surface area (Å²) in [5, 5.41) is 0. The molecule has 0 bridgehead atoms. The van der Waals surface area contributed by atoms with Crippen LogP contribution in [0.15, 0.2) is 36.4 Å². The van der Waals surface area contributed by atoms with Crippen LogP contribution in [0.4, 0.5) is 22.0 Å². The van der Waals surface area contributed by atoms with Crippen LogP contribution in [-0.4, -0.2) is 0 Å². The molecule has 18 heavy (non-hydrogen) atoms. The first kappa shape index (κ1) is 12.5. The molecule has 2 rings (SSSR count). The fourth-order valence-corrected chi connectivity index (χ4v) is 1.62. The Morgan fingerprint density at radius 2 is 1.61 bits per heavy atom. The van der Waals surface area contributed by atoms with Crippen LogP contribution in [0.2, 0.25) is 0 Å². The predicted molar refractivity (Wildman–Crippen MR) is 56.7 cm³/mol. The van der Waals surface area contributed by atoms with Gasteiger partial charge in [0.1, 0.15) is 5.82 Å². The van der Waals surface area contributed by atoms with Crippen LogP contribution < -0.4 is 0 Å². The lowest BCUT2D eigenvalue weighted by molar-refractivity contribution is 0.151. The van der Waals surface area contributed by atoms with Crippen molar-refractivity contribution < 1.29 is 22.0 Å². The summed E-state index contributed by atoms with van der Waals surface area (Å²) in [6.07, 6.45) is -2.88. The van der Waals surface area contributed by atoms with Gasteiger partial charge in [-0.25, -0.2) is 22.0 Å². The zero-order chi connectivity index (χ0) is 13.3. The van der Waals surface area contributed by atoms with Gasteiger partial charge in [0, 0.05) is 11.1 Å². The van der Waals surface area contributed by atoms with Gasteiger partial charge in [-0.15, -0.1) is 0 Å². The lowest BCUT2D eigenvalue weighted by Gasteiger charge is -2.07. The molecule has 0 N–H and O–H groups in total.